The van der Waals surface area contributed by atoms with Crippen molar-refractivity contribution in [2.75, 3.05) is 25.1 Å². The molecule has 2 unspecified atom stereocenters. The van der Waals surface area contributed by atoms with Crippen molar-refractivity contribution in [3.63, 3.8) is 0 Å². The summed E-state index contributed by atoms with van der Waals surface area (Å²) in [5, 5.41) is 3.52. The van der Waals surface area contributed by atoms with Crippen molar-refractivity contribution in [3.05, 3.63) is 72.3 Å². The zero-order valence-corrected chi connectivity index (χ0v) is 15.3. The quantitative estimate of drug-likeness (QED) is 0.787. The Balaban J connectivity index is 1.67. The summed E-state index contributed by atoms with van der Waals surface area (Å²) in [6, 6.07) is 15.5. The van der Waals surface area contributed by atoms with Crippen molar-refractivity contribution in [3.8, 4) is 5.75 Å². The Morgan fingerprint density at radius 2 is 2.15 bits per heavy atom. The average molecular weight is 364 g/mol. The minimum absolute atomic E-state index is 0.0299. The highest BCUT2D eigenvalue weighted by Gasteiger charge is 2.35. The maximum atomic E-state index is 13.2. The van der Waals surface area contributed by atoms with Gasteiger partial charge >= 0.3 is 0 Å². The molecule has 27 heavy (non-hydrogen) atoms. The summed E-state index contributed by atoms with van der Waals surface area (Å²) < 4.78 is 11.5. The number of para-hydroxylation sites is 1. The minimum Gasteiger partial charge on any atom is -0.490 e. The highest BCUT2D eigenvalue weighted by molar-refractivity contribution is 6.01. The van der Waals surface area contributed by atoms with Crippen LogP contribution in [0.4, 0.5) is 5.69 Å². The standard InChI is InChI=1S/C22H24N2O3/c1-2-12-26-17-8-5-7-16(14-17)21-23-20-11-4-3-10-19(20)22(25)24(21)15-18-9-6-13-27-18/h2-5,7-8,10-11,14,18,21,23H,1,6,9,12-13,15H2. The van der Waals surface area contributed by atoms with Gasteiger partial charge in [0.2, 0.25) is 0 Å². The largest absolute Gasteiger partial charge is 0.490 e. The van der Waals surface area contributed by atoms with Gasteiger partial charge in [-0.05, 0) is 42.7 Å². The van der Waals surface area contributed by atoms with Crippen molar-refractivity contribution in [2.24, 2.45) is 0 Å². The van der Waals surface area contributed by atoms with Crippen LogP contribution in [0.15, 0.2) is 61.2 Å². The fourth-order valence-electron chi connectivity index (χ4n) is 3.68. The lowest BCUT2D eigenvalue weighted by Crippen LogP contribution is -2.46. The number of anilines is 1. The van der Waals surface area contributed by atoms with Gasteiger partial charge in [0, 0.05) is 18.8 Å². The van der Waals surface area contributed by atoms with Crippen LogP contribution >= 0.6 is 0 Å². The molecular weight excluding hydrogens is 340 g/mol. The Morgan fingerprint density at radius 3 is 2.96 bits per heavy atom. The predicted octanol–water partition coefficient (Wildman–Crippen LogP) is 4.00. The smallest absolute Gasteiger partial charge is 0.257 e. The number of nitrogens with one attached hydrogen (secondary N) is 1. The van der Waals surface area contributed by atoms with Gasteiger partial charge in [-0.1, -0.05) is 36.9 Å². The molecule has 2 aliphatic heterocycles. The molecule has 2 aromatic rings. The van der Waals surface area contributed by atoms with E-state index in [0.717, 1.165) is 36.4 Å². The maximum absolute atomic E-state index is 13.2. The third kappa shape index (κ3) is 3.69. The number of hydrogen-bond donors (Lipinski definition) is 1. The summed E-state index contributed by atoms with van der Waals surface area (Å²) in [6.45, 7) is 5.48. The van der Waals surface area contributed by atoms with E-state index in [1.165, 1.54) is 0 Å². The number of carbonyl (C=O) groups is 1. The Morgan fingerprint density at radius 1 is 1.26 bits per heavy atom. The highest BCUT2D eigenvalue weighted by atomic mass is 16.5. The predicted molar refractivity (Wildman–Crippen MR) is 105 cm³/mol. The topological polar surface area (TPSA) is 50.8 Å². The highest BCUT2D eigenvalue weighted by Crippen LogP contribution is 2.35. The van der Waals surface area contributed by atoms with Gasteiger partial charge in [0.25, 0.3) is 5.91 Å². The first kappa shape index (κ1) is 17.6. The molecule has 4 rings (SSSR count). The summed E-state index contributed by atoms with van der Waals surface area (Å²) in [5.74, 6) is 0.792. The minimum atomic E-state index is -0.260. The first-order valence-electron chi connectivity index (χ1n) is 9.38. The van der Waals surface area contributed by atoms with Crippen molar-refractivity contribution in [2.45, 2.75) is 25.1 Å². The van der Waals surface area contributed by atoms with E-state index in [1.54, 1.807) is 6.08 Å². The van der Waals surface area contributed by atoms with Crippen LogP contribution in [0.1, 0.15) is 34.9 Å². The van der Waals surface area contributed by atoms with E-state index in [9.17, 15) is 4.79 Å². The molecule has 0 spiro atoms. The Labute approximate surface area is 159 Å². The van der Waals surface area contributed by atoms with Crippen LogP contribution < -0.4 is 10.1 Å². The van der Waals surface area contributed by atoms with E-state index in [1.807, 2.05) is 53.4 Å². The second kappa shape index (κ2) is 7.84. The van der Waals surface area contributed by atoms with Crippen molar-refractivity contribution >= 4 is 11.6 Å². The molecule has 1 amide bonds. The summed E-state index contributed by atoms with van der Waals surface area (Å²) in [6.07, 6.45) is 3.58. The molecule has 2 atom stereocenters. The van der Waals surface area contributed by atoms with E-state index in [2.05, 4.69) is 11.9 Å². The first-order valence-corrected chi connectivity index (χ1v) is 9.38. The number of fused-ring (bicyclic) bond motifs is 1. The monoisotopic (exact) mass is 364 g/mol. The zero-order chi connectivity index (χ0) is 18.6. The number of carbonyl (C=O) groups excluding carboxylic acids is 1. The molecule has 2 aromatic carbocycles. The van der Waals surface area contributed by atoms with Gasteiger partial charge in [0.15, 0.2) is 0 Å². The van der Waals surface area contributed by atoms with Crippen LogP contribution in [-0.2, 0) is 4.74 Å². The van der Waals surface area contributed by atoms with Gasteiger partial charge in [-0.25, -0.2) is 0 Å². The second-order valence-electron chi connectivity index (χ2n) is 6.86. The molecular formula is C22H24N2O3. The third-order valence-electron chi connectivity index (χ3n) is 4.99. The van der Waals surface area contributed by atoms with Crippen molar-refractivity contribution in [1.82, 2.24) is 4.90 Å². The molecule has 5 nitrogen and oxygen atoms in total. The van der Waals surface area contributed by atoms with Crippen LogP contribution in [0, 0.1) is 0 Å². The second-order valence-corrected chi connectivity index (χ2v) is 6.86. The van der Waals surface area contributed by atoms with Gasteiger partial charge in [0.05, 0.1) is 11.7 Å². The Bertz CT molecular complexity index is 830. The molecule has 1 saturated heterocycles. The molecule has 5 heteroatoms. The summed E-state index contributed by atoms with van der Waals surface area (Å²) >= 11 is 0. The number of hydrogen-bond acceptors (Lipinski definition) is 4. The number of amides is 1. The molecule has 0 radical (unpaired) electrons. The molecule has 1 N–H and O–H groups in total. The summed E-state index contributed by atoms with van der Waals surface area (Å²) in [5.41, 5.74) is 2.54. The molecule has 1 fully saturated rings. The molecule has 0 saturated carbocycles. The van der Waals surface area contributed by atoms with E-state index < -0.39 is 0 Å². The van der Waals surface area contributed by atoms with Gasteiger partial charge < -0.3 is 19.7 Å². The zero-order valence-electron chi connectivity index (χ0n) is 15.3. The van der Waals surface area contributed by atoms with Gasteiger partial charge in [-0.2, -0.15) is 0 Å². The fraction of sp³-hybridized carbons (Fsp3) is 0.318. The van der Waals surface area contributed by atoms with E-state index in [0.29, 0.717) is 18.7 Å². The van der Waals surface area contributed by atoms with Crippen LogP contribution in [0.2, 0.25) is 0 Å². The lowest BCUT2D eigenvalue weighted by molar-refractivity contribution is 0.0426. The normalized spacial score (nSPS) is 21.5. The van der Waals surface area contributed by atoms with Gasteiger partial charge in [0.1, 0.15) is 18.5 Å². The van der Waals surface area contributed by atoms with Crippen molar-refractivity contribution < 1.29 is 14.3 Å². The molecule has 2 aliphatic rings. The summed E-state index contributed by atoms with van der Waals surface area (Å²) in [4.78, 5) is 15.1. The number of benzene rings is 2. The lowest BCUT2D eigenvalue weighted by Gasteiger charge is -2.39. The van der Waals surface area contributed by atoms with Crippen molar-refractivity contribution in [1.29, 1.82) is 0 Å². The maximum Gasteiger partial charge on any atom is 0.257 e. The van der Waals surface area contributed by atoms with Crippen LogP contribution in [0.3, 0.4) is 0 Å². The molecule has 0 aliphatic carbocycles. The molecule has 140 valence electrons. The molecule has 2 heterocycles. The van der Waals surface area contributed by atoms with Crippen LogP contribution in [-0.4, -0.2) is 36.7 Å². The third-order valence-corrected chi connectivity index (χ3v) is 4.99. The number of ether oxygens (including phenoxy) is 2. The van der Waals surface area contributed by atoms with Gasteiger partial charge in [-0.3, -0.25) is 4.79 Å². The van der Waals surface area contributed by atoms with E-state index >= 15 is 0 Å². The Kier molecular flexibility index (Phi) is 5.12. The number of rotatable bonds is 6. The van der Waals surface area contributed by atoms with E-state index in [4.69, 9.17) is 9.47 Å². The summed E-state index contributed by atoms with van der Waals surface area (Å²) in [7, 11) is 0. The van der Waals surface area contributed by atoms with Gasteiger partial charge in [-0.15, -0.1) is 0 Å². The number of nitrogens with zero attached hydrogens (tertiary/aromatic N) is 1. The Hall–Kier alpha value is -2.79. The fourth-order valence-corrected chi connectivity index (χ4v) is 3.68. The van der Waals surface area contributed by atoms with Crippen LogP contribution in [0.5, 0.6) is 5.75 Å². The SMILES string of the molecule is C=CCOc1cccc(C2Nc3ccccc3C(=O)N2CC2CCCO2)c1. The molecule has 0 aromatic heterocycles. The molecule has 0 bridgehead atoms. The van der Waals surface area contributed by atoms with E-state index in [-0.39, 0.29) is 18.2 Å². The lowest BCUT2D eigenvalue weighted by atomic mass is 10.0. The van der Waals surface area contributed by atoms with Crippen LogP contribution in [0.25, 0.3) is 0 Å². The average Bonchev–Trinajstić information content (AvgIpc) is 3.22. The first-order chi connectivity index (χ1) is 13.3.